The first kappa shape index (κ1) is 21.2. The molecule has 0 aromatic heterocycles. The van der Waals surface area contributed by atoms with Crippen LogP contribution in [0.4, 0.5) is 0 Å². The summed E-state index contributed by atoms with van der Waals surface area (Å²) in [4.78, 5) is 23.8. The Labute approximate surface area is 151 Å². The average molecular weight is 348 g/mol. The van der Waals surface area contributed by atoms with Gasteiger partial charge in [0.15, 0.2) is 0 Å². The number of carbonyl (C=O) groups is 2. The predicted molar refractivity (Wildman–Crippen MR) is 99.9 cm³/mol. The van der Waals surface area contributed by atoms with Crippen molar-refractivity contribution in [1.29, 1.82) is 0 Å². The van der Waals surface area contributed by atoms with Gasteiger partial charge < -0.3 is 9.47 Å². The molecule has 0 radical (unpaired) electrons. The smallest absolute Gasteiger partial charge is 0.338 e. The fourth-order valence-corrected chi connectivity index (χ4v) is 2.44. The Balaban J connectivity index is 2.24. The van der Waals surface area contributed by atoms with Crippen LogP contribution in [-0.4, -0.2) is 25.2 Å². The summed E-state index contributed by atoms with van der Waals surface area (Å²) < 4.78 is 10.4. The number of benzene rings is 1. The summed E-state index contributed by atoms with van der Waals surface area (Å²) in [5, 5.41) is 0. The molecule has 1 rings (SSSR count). The van der Waals surface area contributed by atoms with Gasteiger partial charge in [0.05, 0.1) is 24.3 Å². The molecule has 0 N–H and O–H groups in total. The minimum absolute atomic E-state index is 0.336. The molecule has 25 heavy (non-hydrogen) atoms. The van der Waals surface area contributed by atoms with Gasteiger partial charge in [-0.25, -0.2) is 9.59 Å². The summed E-state index contributed by atoms with van der Waals surface area (Å²) in [6.45, 7) is 5.13. The Kier molecular flexibility index (Phi) is 11.4. The van der Waals surface area contributed by atoms with Gasteiger partial charge in [0, 0.05) is 0 Å². The lowest BCUT2D eigenvalue weighted by Gasteiger charge is -2.06. The van der Waals surface area contributed by atoms with Crippen LogP contribution < -0.4 is 0 Å². The van der Waals surface area contributed by atoms with Gasteiger partial charge in [-0.1, -0.05) is 58.8 Å². The van der Waals surface area contributed by atoms with E-state index in [2.05, 4.69) is 6.92 Å². The first-order valence-corrected chi connectivity index (χ1v) is 9.63. The standard InChI is InChI=1S/C21H32O4/c1-3-5-7-8-9-10-11-17-25-21(23)19-14-12-18(13-15-19)20(22)24-16-6-4-2/h12-15H,3-11,16-17H2,1-2H3. The van der Waals surface area contributed by atoms with Crippen LogP contribution >= 0.6 is 0 Å². The molecule has 0 fully saturated rings. The maximum Gasteiger partial charge on any atom is 0.338 e. The van der Waals surface area contributed by atoms with Crippen LogP contribution in [0, 0.1) is 0 Å². The van der Waals surface area contributed by atoms with Crippen molar-refractivity contribution in [2.75, 3.05) is 13.2 Å². The molecule has 0 heterocycles. The summed E-state index contributed by atoms with van der Waals surface area (Å²) in [7, 11) is 0. The summed E-state index contributed by atoms with van der Waals surface area (Å²) in [5.74, 6) is -0.687. The van der Waals surface area contributed by atoms with E-state index in [1.807, 2.05) is 6.92 Å². The molecule has 0 unspecified atom stereocenters. The number of esters is 2. The maximum atomic E-state index is 12.0. The van der Waals surface area contributed by atoms with Crippen LogP contribution in [0.2, 0.25) is 0 Å². The topological polar surface area (TPSA) is 52.6 Å². The lowest BCUT2D eigenvalue weighted by atomic mass is 10.1. The fraction of sp³-hybridized carbons (Fsp3) is 0.619. The van der Waals surface area contributed by atoms with Gasteiger partial charge in [0.1, 0.15) is 0 Å². The summed E-state index contributed by atoms with van der Waals surface area (Å²) >= 11 is 0. The molecule has 0 aliphatic carbocycles. The molecule has 0 bridgehead atoms. The molecule has 0 aliphatic heterocycles. The Morgan fingerprint density at radius 2 is 1.04 bits per heavy atom. The lowest BCUT2D eigenvalue weighted by molar-refractivity contribution is 0.0484. The molecule has 1 aromatic carbocycles. The second kappa shape index (κ2) is 13.5. The molecule has 4 nitrogen and oxygen atoms in total. The van der Waals surface area contributed by atoms with Gasteiger partial charge in [-0.3, -0.25) is 0 Å². The van der Waals surface area contributed by atoms with Crippen molar-refractivity contribution in [3.63, 3.8) is 0 Å². The molecule has 0 saturated heterocycles. The molecule has 1 aromatic rings. The molecule has 0 saturated carbocycles. The van der Waals surface area contributed by atoms with Crippen molar-refractivity contribution in [2.24, 2.45) is 0 Å². The Morgan fingerprint density at radius 1 is 0.640 bits per heavy atom. The van der Waals surface area contributed by atoms with Gasteiger partial charge in [0.25, 0.3) is 0 Å². The van der Waals surface area contributed by atoms with Crippen LogP contribution in [0.1, 0.15) is 92.4 Å². The van der Waals surface area contributed by atoms with Crippen LogP contribution in [0.15, 0.2) is 24.3 Å². The second-order valence-corrected chi connectivity index (χ2v) is 6.32. The van der Waals surface area contributed by atoms with Gasteiger partial charge in [0.2, 0.25) is 0 Å². The zero-order valence-corrected chi connectivity index (χ0v) is 15.7. The second-order valence-electron chi connectivity index (χ2n) is 6.32. The zero-order valence-electron chi connectivity index (χ0n) is 15.7. The number of carbonyl (C=O) groups excluding carboxylic acids is 2. The number of unbranched alkanes of at least 4 members (excludes halogenated alkanes) is 7. The van der Waals surface area contributed by atoms with Crippen LogP contribution in [0.5, 0.6) is 0 Å². The normalized spacial score (nSPS) is 10.5. The molecule has 0 spiro atoms. The highest BCUT2D eigenvalue weighted by atomic mass is 16.5. The predicted octanol–water partition coefficient (Wildman–Crippen LogP) is 5.55. The highest BCUT2D eigenvalue weighted by Crippen LogP contribution is 2.10. The number of ether oxygens (including phenoxy) is 2. The van der Waals surface area contributed by atoms with E-state index in [-0.39, 0.29) is 11.9 Å². The molecule has 0 amide bonds. The third kappa shape index (κ3) is 9.28. The zero-order chi connectivity index (χ0) is 18.3. The Bertz CT molecular complexity index is 493. The van der Waals surface area contributed by atoms with Crippen molar-refractivity contribution < 1.29 is 19.1 Å². The molecule has 0 atom stereocenters. The van der Waals surface area contributed by atoms with E-state index in [9.17, 15) is 9.59 Å². The summed E-state index contributed by atoms with van der Waals surface area (Å²) in [5.41, 5.74) is 0.924. The van der Waals surface area contributed by atoms with E-state index >= 15 is 0 Å². The van der Waals surface area contributed by atoms with Gasteiger partial charge in [-0.15, -0.1) is 0 Å². The van der Waals surface area contributed by atoms with Crippen molar-refractivity contribution in [3.05, 3.63) is 35.4 Å². The number of hydrogen-bond donors (Lipinski definition) is 0. The van der Waals surface area contributed by atoms with Gasteiger partial charge in [-0.2, -0.15) is 0 Å². The van der Waals surface area contributed by atoms with Crippen molar-refractivity contribution in [1.82, 2.24) is 0 Å². The van der Waals surface area contributed by atoms with E-state index in [0.29, 0.717) is 24.3 Å². The van der Waals surface area contributed by atoms with Crippen molar-refractivity contribution in [3.8, 4) is 0 Å². The first-order chi connectivity index (χ1) is 12.2. The Morgan fingerprint density at radius 3 is 1.52 bits per heavy atom. The average Bonchev–Trinajstić information content (AvgIpc) is 2.64. The minimum Gasteiger partial charge on any atom is -0.462 e. The maximum absolute atomic E-state index is 12.0. The first-order valence-electron chi connectivity index (χ1n) is 9.63. The van der Waals surface area contributed by atoms with E-state index < -0.39 is 0 Å². The lowest BCUT2D eigenvalue weighted by Crippen LogP contribution is -2.09. The van der Waals surface area contributed by atoms with E-state index in [0.717, 1.165) is 25.7 Å². The number of hydrogen-bond acceptors (Lipinski definition) is 4. The largest absolute Gasteiger partial charge is 0.462 e. The molecule has 140 valence electrons. The molecular weight excluding hydrogens is 316 g/mol. The third-order valence-electron chi connectivity index (χ3n) is 4.07. The molecule has 0 aliphatic rings. The molecule has 4 heteroatoms. The van der Waals surface area contributed by atoms with Crippen LogP contribution in [0.25, 0.3) is 0 Å². The van der Waals surface area contributed by atoms with E-state index in [4.69, 9.17) is 9.47 Å². The monoisotopic (exact) mass is 348 g/mol. The quantitative estimate of drug-likeness (QED) is 0.346. The van der Waals surface area contributed by atoms with Crippen molar-refractivity contribution >= 4 is 11.9 Å². The summed E-state index contributed by atoms with van der Waals surface area (Å²) in [6, 6.07) is 6.45. The van der Waals surface area contributed by atoms with Gasteiger partial charge >= 0.3 is 11.9 Å². The van der Waals surface area contributed by atoms with E-state index in [1.54, 1.807) is 24.3 Å². The minimum atomic E-state index is -0.351. The molecular formula is C21H32O4. The summed E-state index contributed by atoms with van der Waals surface area (Å²) in [6.07, 6.45) is 10.2. The SMILES string of the molecule is CCCCCCCCCOC(=O)c1ccc(C(=O)OCCCC)cc1. The number of rotatable bonds is 13. The highest BCUT2D eigenvalue weighted by Gasteiger charge is 2.10. The van der Waals surface area contributed by atoms with E-state index in [1.165, 1.54) is 32.1 Å². The third-order valence-corrected chi connectivity index (χ3v) is 4.07. The van der Waals surface area contributed by atoms with Crippen LogP contribution in [-0.2, 0) is 9.47 Å². The highest BCUT2D eigenvalue weighted by molar-refractivity contribution is 5.93. The fourth-order valence-electron chi connectivity index (χ4n) is 2.44. The van der Waals surface area contributed by atoms with Crippen LogP contribution in [0.3, 0.4) is 0 Å². The van der Waals surface area contributed by atoms with Crippen molar-refractivity contribution in [2.45, 2.75) is 71.6 Å². The Hall–Kier alpha value is -1.84. The van der Waals surface area contributed by atoms with Gasteiger partial charge in [-0.05, 0) is 37.1 Å².